The molecule has 0 aliphatic heterocycles. The van der Waals surface area contributed by atoms with E-state index in [0.29, 0.717) is 10.5 Å². The molecule has 0 fully saturated rings. The number of benzene rings is 1. The maximum absolute atomic E-state index is 9.07. The van der Waals surface area contributed by atoms with Gasteiger partial charge in [0.05, 0.1) is 0 Å². The number of thiol groups is 2. The molecule has 1 aromatic carbocycles. The second-order valence-electron chi connectivity index (χ2n) is 2.43. The van der Waals surface area contributed by atoms with Gasteiger partial charge in [-0.2, -0.15) is 0 Å². The van der Waals surface area contributed by atoms with Crippen LogP contribution in [0.1, 0.15) is 11.1 Å². The summed E-state index contributed by atoms with van der Waals surface area (Å²) in [5.41, 5.74) is 1.58. The van der Waals surface area contributed by atoms with Crippen molar-refractivity contribution in [2.45, 2.75) is 16.7 Å². The summed E-state index contributed by atoms with van der Waals surface area (Å²) in [6.45, 7) is 1.92. The Kier molecular flexibility index (Phi) is 3.04. The Balaban J connectivity index is 3.36. The van der Waals surface area contributed by atoms with Gasteiger partial charge in [-0.25, -0.2) is 0 Å². The molecule has 0 heterocycles. The maximum atomic E-state index is 9.07. The van der Waals surface area contributed by atoms with Gasteiger partial charge in [-0.1, -0.05) is 6.07 Å². The summed E-state index contributed by atoms with van der Waals surface area (Å²) in [6, 6.07) is 3.58. The molecule has 1 rings (SSSR count). The van der Waals surface area contributed by atoms with E-state index in [1.165, 1.54) is 0 Å². The molecule has 0 amide bonds. The molecule has 0 aliphatic rings. The summed E-state index contributed by atoms with van der Waals surface area (Å²) in [5.74, 6) is 0. The third-order valence-corrected chi connectivity index (χ3v) is 3.02. The third-order valence-electron chi connectivity index (χ3n) is 1.58. The topological polar surface area (TPSA) is 20.2 Å². The highest BCUT2D eigenvalue weighted by molar-refractivity contribution is 7.84. The molecule has 0 spiro atoms. The van der Waals surface area contributed by atoms with Gasteiger partial charge in [-0.15, -0.1) is 25.3 Å². The Labute approximate surface area is 87.6 Å². The molecular weight excluding hydrogens is 208 g/mol. The Bertz CT molecular complexity index is 333. The Morgan fingerprint density at radius 3 is 2.42 bits per heavy atom. The van der Waals surface area contributed by atoms with E-state index in [1.807, 2.05) is 13.0 Å². The molecule has 12 heavy (non-hydrogen) atoms. The van der Waals surface area contributed by atoms with Crippen molar-refractivity contribution in [2.75, 3.05) is 0 Å². The van der Waals surface area contributed by atoms with Crippen molar-refractivity contribution in [3.63, 3.8) is 0 Å². The standard InChI is InChI=1S/C8H8OS3/c1-4-2-3-5(8(9)12)7(11)6(4)10/h2-3,10-11H,1H3,(H,9,12). The molecule has 0 unspecified atom stereocenters. The molecule has 0 saturated carbocycles. The summed E-state index contributed by atoms with van der Waals surface area (Å²) >= 11 is 13.1. The molecule has 0 saturated heterocycles. The van der Waals surface area contributed by atoms with Crippen molar-refractivity contribution in [1.29, 1.82) is 0 Å². The van der Waals surface area contributed by atoms with Crippen LogP contribution >= 0.6 is 37.5 Å². The van der Waals surface area contributed by atoms with E-state index >= 15 is 0 Å². The van der Waals surface area contributed by atoms with E-state index in [4.69, 9.17) is 5.11 Å². The summed E-state index contributed by atoms with van der Waals surface area (Å²) in [6.07, 6.45) is 0. The molecule has 1 nitrogen and oxygen atoms in total. The molecular formula is C8H8OS3. The normalized spacial score (nSPS) is 9.92. The molecule has 0 aromatic heterocycles. The average Bonchev–Trinajstić information content (AvgIpc) is 2.00. The van der Waals surface area contributed by atoms with E-state index < -0.39 is 0 Å². The van der Waals surface area contributed by atoms with Crippen molar-refractivity contribution in [1.82, 2.24) is 0 Å². The van der Waals surface area contributed by atoms with Crippen molar-refractivity contribution >= 4 is 42.5 Å². The van der Waals surface area contributed by atoms with Crippen molar-refractivity contribution < 1.29 is 5.11 Å². The van der Waals surface area contributed by atoms with Gasteiger partial charge in [0.25, 0.3) is 0 Å². The molecule has 0 aliphatic carbocycles. The van der Waals surface area contributed by atoms with E-state index in [-0.39, 0.29) is 5.05 Å². The molecule has 64 valence electrons. The number of aliphatic hydroxyl groups is 1. The third kappa shape index (κ3) is 1.76. The zero-order chi connectivity index (χ0) is 9.30. The number of aryl methyl sites for hydroxylation is 1. The van der Waals surface area contributed by atoms with Crippen LogP contribution in [0.3, 0.4) is 0 Å². The van der Waals surface area contributed by atoms with Gasteiger partial charge in [-0.05, 0) is 30.8 Å². The fraction of sp³-hybridized carbons (Fsp3) is 0.125. The van der Waals surface area contributed by atoms with E-state index in [1.54, 1.807) is 6.07 Å². The quantitative estimate of drug-likeness (QED) is 0.496. The van der Waals surface area contributed by atoms with Crippen LogP contribution < -0.4 is 0 Å². The zero-order valence-electron chi connectivity index (χ0n) is 6.40. The fourth-order valence-corrected chi connectivity index (χ4v) is 1.65. The number of aliphatic hydroxyl groups excluding tert-OH is 1. The van der Waals surface area contributed by atoms with Gasteiger partial charge in [0.15, 0.2) is 5.05 Å². The molecule has 4 heteroatoms. The Morgan fingerprint density at radius 1 is 1.33 bits per heavy atom. The van der Waals surface area contributed by atoms with Crippen LogP contribution in [0.15, 0.2) is 21.9 Å². The lowest BCUT2D eigenvalue weighted by molar-refractivity contribution is 0.569. The fourth-order valence-electron chi connectivity index (χ4n) is 0.853. The molecule has 0 radical (unpaired) electrons. The second-order valence-corrected chi connectivity index (χ2v) is 3.71. The first kappa shape index (κ1) is 9.89. The second kappa shape index (κ2) is 3.68. The highest BCUT2D eigenvalue weighted by Crippen LogP contribution is 2.25. The summed E-state index contributed by atoms with van der Waals surface area (Å²) in [5, 5.41) is 8.93. The van der Waals surface area contributed by atoms with Gasteiger partial charge < -0.3 is 5.11 Å². The monoisotopic (exact) mass is 216 g/mol. The zero-order valence-corrected chi connectivity index (χ0v) is 9.01. The first-order valence-corrected chi connectivity index (χ1v) is 4.59. The molecule has 1 aromatic rings. The van der Waals surface area contributed by atoms with E-state index in [0.717, 1.165) is 10.5 Å². The predicted molar refractivity (Wildman–Crippen MR) is 60.0 cm³/mol. The maximum Gasteiger partial charge on any atom is 0.189 e. The lowest BCUT2D eigenvalue weighted by Crippen LogP contribution is -1.97. The SMILES string of the molecule is Cc1ccc(C(O)=S)c(S)c1S. The van der Waals surface area contributed by atoms with Crippen molar-refractivity contribution in [2.24, 2.45) is 0 Å². The van der Waals surface area contributed by atoms with Crippen LogP contribution in [-0.2, 0) is 0 Å². The van der Waals surface area contributed by atoms with E-state index in [9.17, 15) is 0 Å². The van der Waals surface area contributed by atoms with Crippen LogP contribution in [0.25, 0.3) is 0 Å². The predicted octanol–water partition coefficient (Wildman–Crippen LogP) is 2.81. The van der Waals surface area contributed by atoms with Crippen molar-refractivity contribution in [3.8, 4) is 0 Å². The Morgan fingerprint density at radius 2 is 1.92 bits per heavy atom. The molecule has 0 bridgehead atoms. The summed E-state index contributed by atoms with van der Waals surface area (Å²) in [4.78, 5) is 1.39. The van der Waals surface area contributed by atoms with Crippen LogP contribution in [0.2, 0.25) is 0 Å². The smallest absolute Gasteiger partial charge is 0.189 e. The average molecular weight is 216 g/mol. The van der Waals surface area contributed by atoms with Gasteiger partial charge in [-0.3, -0.25) is 0 Å². The first-order chi connectivity index (χ1) is 5.54. The minimum Gasteiger partial charge on any atom is -0.498 e. The Hall–Kier alpha value is -0.190. The van der Waals surface area contributed by atoms with Gasteiger partial charge in [0, 0.05) is 15.4 Å². The summed E-state index contributed by atoms with van der Waals surface area (Å²) < 4.78 is 0. The highest BCUT2D eigenvalue weighted by atomic mass is 32.1. The summed E-state index contributed by atoms with van der Waals surface area (Å²) in [7, 11) is 0. The van der Waals surface area contributed by atoms with Crippen LogP contribution in [-0.4, -0.2) is 10.2 Å². The van der Waals surface area contributed by atoms with Crippen LogP contribution in [0.4, 0.5) is 0 Å². The van der Waals surface area contributed by atoms with Crippen molar-refractivity contribution in [3.05, 3.63) is 23.3 Å². The molecule has 0 atom stereocenters. The van der Waals surface area contributed by atoms with Gasteiger partial charge in [0.1, 0.15) is 0 Å². The van der Waals surface area contributed by atoms with E-state index in [2.05, 4.69) is 37.5 Å². The lowest BCUT2D eigenvalue weighted by Gasteiger charge is -2.06. The number of hydrogen-bond acceptors (Lipinski definition) is 3. The first-order valence-electron chi connectivity index (χ1n) is 3.29. The molecule has 1 N–H and O–H groups in total. The largest absolute Gasteiger partial charge is 0.498 e. The van der Waals surface area contributed by atoms with Gasteiger partial charge >= 0.3 is 0 Å². The minimum atomic E-state index is -0.143. The lowest BCUT2D eigenvalue weighted by atomic mass is 10.1. The number of rotatable bonds is 1. The minimum absolute atomic E-state index is 0.143. The van der Waals surface area contributed by atoms with Gasteiger partial charge in [0.2, 0.25) is 0 Å². The number of thiocarbonyl (C=S) groups is 1. The number of hydrogen-bond donors (Lipinski definition) is 3. The highest BCUT2D eigenvalue weighted by Gasteiger charge is 2.07. The van der Waals surface area contributed by atoms with Crippen LogP contribution in [0.5, 0.6) is 0 Å². The van der Waals surface area contributed by atoms with Crippen LogP contribution in [0, 0.1) is 6.92 Å².